The molecular weight excluding hydrogens is 318 g/mol. The number of likely N-dealkylation sites (tertiary alicyclic amines) is 1. The van der Waals surface area contributed by atoms with Crippen LogP contribution in [0.25, 0.3) is 11.0 Å². The molecule has 4 rings (SSSR count). The van der Waals surface area contributed by atoms with Crippen molar-refractivity contribution in [3.63, 3.8) is 0 Å². The molecule has 0 bridgehead atoms. The number of H-pyrrole nitrogens is 1. The van der Waals surface area contributed by atoms with Crippen molar-refractivity contribution in [3.05, 3.63) is 65.5 Å². The second-order valence-corrected chi connectivity index (χ2v) is 6.18. The second-order valence-electron chi connectivity index (χ2n) is 6.18. The summed E-state index contributed by atoms with van der Waals surface area (Å²) in [7, 11) is 0. The zero-order chi connectivity index (χ0) is 17.4. The maximum absolute atomic E-state index is 12.9. The average molecular weight is 335 g/mol. The number of hydrogen-bond donors (Lipinski definition) is 2. The molecule has 0 radical (unpaired) electrons. The minimum atomic E-state index is -1.000. The van der Waals surface area contributed by atoms with Crippen molar-refractivity contribution in [2.75, 3.05) is 6.54 Å². The molecule has 126 valence electrons. The molecule has 1 aliphatic heterocycles. The van der Waals surface area contributed by atoms with E-state index < -0.39 is 5.97 Å². The van der Waals surface area contributed by atoms with E-state index in [1.165, 1.54) is 12.1 Å². The molecule has 3 aromatic rings. The van der Waals surface area contributed by atoms with E-state index in [4.69, 9.17) is 5.11 Å². The molecule has 2 heterocycles. The van der Waals surface area contributed by atoms with Gasteiger partial charge in [0.1, 0.15) is 5.82 Å². The Morgan fingerprint density at radius 3 is 2.52 bits per heavy atom. The standard InChI is InChI=1S/C19H17N3O3/c23-18(12-7-9-13(10-8-12)19(24)25)22-11-3-6-16(22)17-20-14-4-1-2-5-15(14)21-17/h1-2,4-5,7-10,16H,3,6,11H2,(H,20,21)(H,24,25). The zero-order valence-corrected chi connectivity index (χ0v) is 13.5. The highest BCUT2D eigenvalue weighted by Crippen LogP contribution is 2.32. The number of nitrogens with one attached hydrogen (secondary N) is 1. The van der Waals surface area contributed by atoms with Gasteiger partial charge in [-0.1, -0.05) is 12.1 Å². The van der Waals surface area contributed by atoms with Gasteiger partial charge in [0.25, 0.3) is 5.91 Å². The molecule has 0 aliphatic carbocycles. The van der Waals surface area contributed by atoms with Gasteiger partial charge in [-0.05, 0) is 49.2 Å². The van der Waals surface area contributed by atoms with Crippen LogP contribution in [-0.4, -0.2) is 38.4 Å². The van der Waals surface area contributed by atoms with Crippen molar-refractivity contribution < 1.29 is 14.7 Å². The summed E-state index contributed by atoms with van der Waals surface area (Å²) in [6.07, 6.45) is 1.78. The third-order valence-electron chi connectivity index (χ3n) is 4.62. The minimum Gasteiger partial charge on any atom is -0.478 e. The first kappa shape index (κ1) is 15.4. The van der Waals surface area contributed by atoms with Crippen LogP contribution in [0.2, 0.25) is 0 Å². The first-order chi connectivity index (χ1) is 12.1. The second kappa shape index (κ2) is 6.05. The molecule has 1 saturated heterocycles. The molecule has 2 N–H and O–H groups in total. The number of carbonyl (C=O) groups is 2. The van der Waals surface area contributed by atoms with E-state index in [1.54, 1.807) is 12.1 Å². The van der Waals surface area contributed by atoms with Crippen LogP contribution in [-0.2, 0) is 0 Å². The van der Waals surface area contributed by atoms with Crippen molar-refractivity contribution in [1.29, 1.82) is 0 Å². The van der Waals surface area contributed by atoms with Crippen LogP contribution in [0, 0.1) is 0 Å². The monoisotopic (exact) mass is 335 g/mol. The number of benzene rings is 2. The Morgan fingerprint density at radius 1 is 1.08 bits per heavy atom. The Morgan fingerprint density at radius 2 is 1.80 bits per heavy atom. The fourth-order valence-corrected chi connectivity index (χ4v) is 3.35. The topological polar surface area (TPSA) is 86.3 Å². The van der Waals surface area contributed by atoms with Gasteiger partial charge in [0, 0.05) is 12.1 Å². The third kappa shape index (κ3) is 2.76. The van der Waals surface area contributed by atoms with E-state index in [-0.39, 0.29) is 17.5 Å². The fourth-order valence-electron chi connectivity index (χ4n) is 3.35. The van der Waals surface area contributed by atoms with E-state index in [2.05, 4.69) is 9.97 Å². The predicted molar refractivity (Wildman–Crippen MR) is 92.5 cm³/mol. The molecule has 1 atom stereocenters. The molecule has 2 aromatic carbocycles. The number of carboxylic acid groups (broad SMARTS) is 1. The molecular formula is C19H17N3O3. The summed E-state index contributed by atoms with van der Waals surface area (Å²) in [5.74, 6) is -0.297. The van der Waals surface area contributed by atoms with Crippen molar-refractivity contribution in [2.24, 2.45) is 0 Å². The van der Waals surface area contributed by atoms with Gasteiger partial charge in [-0.3, -0.25) is 4.79 Å². The van der Waals surface area contributed by atoms with Crippen LogP contribution in [0.1, 0.15) is 45.4 Å². The number of aromatic carboxylic acids is 1. The van der Waals surface area contributed by atoms with Crippen LogP contribution in [0.3, 0.4) is 0 Å². The number of para-hydroxylation sites is 2. The number of aromatic nitrogens is 2. The third-order valence-corrected chi connectivity index (χ3v) is 4.62. The van der Waals surface area contributed by atoms with Gasteiger partial charge in [-0.15, -0.1) is 0 Å². The highest BCUT2D eigenvalue weighted by Gasteiger charge is 2.32. The first-order valence-corrected chi connectivity index (χ1v) is 8.22. The molecule has 6 nitrogen and oxygen atoms in total. The van der Waals surface area contributed by atoms with Gasteiger partial charge in [-0.25, -0.2) is 9.78 Å². The van der Waals surface area contributed by atoms with Crippen LogP contribution in [0.5, 0.6) is 0 Å². The summed E-state index contributed by atoms with van der Waals surface area (Å²) in [4.78, 5) is 33.6. The summed E-state index contributed by atoms with van der Waals surface area (Å²) < 4.78 is 0. The van der Waals surface area contributed by atoms with E-state index in [0.29, 0.717) is 12.1 Å². The highest BCUT2D eigenvalue weighted by atomic mass is 16.4. The Kier molecular flexibility index (Phi) is 3.72. The first-order valence-electron chi connectivity index (χ1n) is 8.22. The molecule has 1 fully saturated rings. The van der Waals surface area contributed by atoms with Crippen molar-refractivity contribution in [3.8, 4) is 0 Å². The van der Waals surface area contributed by atoms with E-state index in [0.717, 1.165) is 29.7 Å². The van der Waals surface area contributed by atoms with Gasteiger partial charge in [-0.2, -0.15) is 0 Å². The molecule has 1 amide bonds. The van der Waals surface area contributed by atoms with Gasteiger partial charge in [0.2, 0.25) is 0 Å². The number of rotatable bonds is 3. The summed E-state index contributed by atoms with van der Waals surface area (Å²) in [6, 6.07) is 13.8. The van der Waals surface area contributed by atoms with Crippen LogP contribution < -0.4 is 0 Å². The number of nitrogens with zero attached hydrogens (tertiary/aromatic N) is 2. The van der Waals surface area contributed by atoms with Gasteiger partial charge in [0.05, 0.1) is 22.6 Å². The Bertz CT molecular complexity index is 913. The molecule has 1 aromatic heterocycles. The predicted octanol–water partition coefficient (Wildman–Crippen LogP) is 3.24. The Hall–Kier alpha value is -3.15. The smallest absolute Gasteiger partial charge is 0.335 e. The van der Waals surface area contributed by atoms with Crippen molar-refractivity contribution in [2.45, 2.75) is 18.9 Å². The average Bonchev–Trinajstić information content (AvgIpc) is 3.27. The zero-order valence-electron chi connectivity index (χ0n) is 13.5. The van der Waals surface area contributed by atoms with Gasteiger partial charge in [0.15, 0.2) is 0 Å². The van der Waals surface area contributed by atoms with Gasteiger partial charge < -0.3 is 15.0 Å². The molecule has 0 spiro atoms. The van der Waals surface area contributed by atoms with Crippen LogP contribution >= 0.6 is 0 Å². The SMILES string of the molecule is O=C(O)c1ccc(C(=O)N2CCCC2c2nc3ccccc3[nH]2)cc1. The summed E-state index contributed by atoms with van der Waals surface area (Å²) >= 11 is 0. The summed E-state index contributed by atoms with van der Waals surface area (Å²) in [6.45, 7) is 0.668. The number of carboxylic acids is 1. The van der Waals surface area contributed by atoms with Gasteiger partial charge >= 0.3 is 5.97 Å². The summed E-state index contributed by atoms with van der Waals surface area (Å²) in [5, 5.41) is 8.98. The maximum atomic E-state index is 12.9. The number of carbonyl (C=O) groups excluding carboxylic acids is 1. The lowest BCUT2D eigenvalue weighted by Crippen LogP contribution is -2.31. The normalized spacial score (nSPS) is 17.1. The van der Waals surface area contributed by atoms with Crippen molar-refractivity contribution >= 4 is 22.9 Å². The molecule has 1 aliphatic rings. The molecule has 25 heavy (non-hydrogen) atoms. The fraction of sp³-hybridized carbons (Fsp3) is 0.211. The van der Waals surface area contributed by atoms with Crippen LogP contribution in [0.15, 0.2) is 48.5 Å². The van der Waals surface area contributed by atoms with E-state index in [1.807, 2.05) is 29.2 Å². The molecule has 6 heteroatoms. The Balaban J connectivity index is 1.62. The minimum absolute atomic E-state index is 0.0842. The van der Waals surface area contributed by atoms with Crippen LogP contribution in [0.4, 0.5) is 0 Å². The lowest BCUT2D eigenvalue weighted by molar-refractivity contribution is 0.0692. The largest absolute Gasteiger partial charge is 0.478 e. The number of imidazole rings is 1. The Labute approximate surface area is 144 Å². The maximum Gasteiger partial charge on any atom is 0.335 e. The number of amides is 1. The molecule has 0 saturated carbocycles. The lowest BCUT2D eigenvalue weighted by Gasteiger charge is -2.23. The quantitative estimate of drug-likeness (QED) is 0.769. The number of hydrogen-bond acceptors (Lipinski definition) is 3. The van der Waals surface area contributed by atoms with E-state index in [9.17, 15) is 9.59 Å². The van der Waals surface area contributed by atoms with Crippen molar-refractivity contribution in [1.82, 2.24) is 14.9 Å². The lowest BCUT2D eigenvalue weighted by atomic mass is 10.1. The number of fused-ring (bicyclic) bond motifs is 1. The molecule has 1 unspecified atom stereocenters. The highest BCUT2D eigenvalue weighted by molar-refractivity contribution is 5.96. The summed E-state index contributed by atoms with van der Waals surface area (Å²) in [5.41, 5.74) is 2.52. The number of aromatic amines is 1. The van der Waals surface area contributed by atoms with E-state index >= 15 is 0 Å².